The zero-order chi connectivity index (χ0) is 16.5. The molecule has 2 aliphatic rings. The third-order valence-electron chi connectivity index (χ3n) is 4.50. The van der Waals surface area contributed by atoms with Gasteiger partial charge in [0, 0.05) is 12.2 Å². The fraction of sp³-hybridized carbons (Fsp3) is 0.562. The van der Waals surface area contributed by atoms with E-state index in [1.807, 2.05) is 0 Å². The van der Waals surface area contributed by atoms with Gasteiger partial charge in [-0.3, -0.25) is 4.90 Å². The molecule has 1 aliphatic heterocycles. The van der Waals surface area contributed by atoms with E-state index >= 15 is 0 Å². The van der Waals surface area contributed by atoms with Crippen LogP contribution in [0.25, 0.3) is 0 Å². The van der Waals surface area contributed by atoms with E-state index in [4.69, 9.17) is 4.74 Å². The number of urea groups is 1. The number of ether oxygens (including phenoxy) is 1. The standard InChI is InChI=1S/C16H19F3N2O2/c17-16(18,19)12-5-4-6-13(11-12)20-14(22)21-9-10-23-15(21)7-2-1-3-8-15/h4-6,11H,1-3,7-10H2,(H,20,22). The summed E-state index contributed by atoms with van der Waals surface area (Å²) >= 11 is 0. The molecule has 1 saturated carbocycles. The minimum atomic E-state index is -4.43. The number of alkyl halides is 3. The molecule has 7 heteroatoms. The first-order chi connectivity index (χ1) is 10.9. The van der Waals surface area contributed by atoms with Crippen molar-refractivity contribution >= 4 is 11.7 Å². The Morgan fingerprint density at radius 1 is 1.22 bits per heavy atom. The first kappa shape index (κ1) is 16.1. The summed E-state index contributed by atoms with van der Waals surface area (Å²) in [5.74, 6) is 0. The molecule has 23 heavy (non-hydrogen) atoms. The maximum Gasteiger partial charge on any atom is 0.416 e. The second-order valence-corrected chi connectivity index (χ2v) is 6.02. The second-order valence-electron chi connectivity index (χ2n) is 6.02. The smallest absolute Gasteiger partial charge is 0.354 e. The average molecular weight is 328 g/mol. The number of nitrogens with one attached hydrogen (secondary N) is 1. The molecule has 0 bridgehead atoms. The minimum Gasteiger partial charge on any atom is -0.354 e. The molecule has 2 amide bonds. The van der Waals surface area contributed by atoms with Crippen LogP contribution in [0.3, 0.4) is 0 Å². The lowest BCUT2D eigenvalue weighted by molar-refractivity contribution is -0.137. The SMILES string of the molecule is O=C(Nc1cccc(C(F)(F)F)c1)N1CCOC12CCCCC2. The zero-order valence-electron chi connectivity index (χ0n) is 12.7. The van der Waals surface area contributed by atoms with Crippen LogP contribution in [-0.4, -0.2) is 29.8 Å². The van der Waals surface area contributed by atoms with Gasteiger partial charge in [-0.1, -0.05) is 12.5 Å². The van der Waals surface area contributed by atoms with Crippen molar-refractivity contribution in [2.45, 2.75) is 44.0 Å². The summed E-state index contributed by atoms with van der Waals surface area (Å²) in [4.78, 5) is 14.1. The Kier molecular flexibility index (Phi) is 4.23. The van der Waals surface area contributed by atoms with Gasteiger partial charge in [0.2, 0.25) is 0 Å². The van der Waals surface area contributed by atoms with Crippen molar-refractivity contribution < 1.29 is 22.7 Å². The zero-order valence-corrected chi connectivity index (χ0v) is 12.7. The first-order valence-electron chi connectivity index (χ1n) is 7.81. The fourth-order valence-electron chi connectivity index (χ4n) is 3.38. The van der Waals surface area contributed by atoms with E-state index in [0.29, 0.717) is 13.2 Å². The monoisotopic (exact) mass is 328 g/mol. The molecule has 0 aromatic heterocycles. The molecule has 1 aliphatic carbocycles. The van der Waals surface area contributed by atoms with Crippen LogP contribution >= 0.6 is 0 Å². The number of benzene rings is 1. The summed E-state index contributed by atoms with van der Waals surface area (Å²) < 4.78 is 44.1. The molecule has 1 spiro atoms. The Balaban J connectivity index is 1.74. The molecule has 1 aromatic rings. The highest BCUT2D eigenvalue weighted by atomic mass is 19.4. The topological polar surface area (TPSA) is 41.6 Å². The van der Waals surface area contributed by atoms with Crippen molar-refractivity contribution in [2.75, 3.05) is 18.5 Å². The van der Waals surface area contributed by atoms with Crippen LogP contribution in [0.1, 0.15) is 37.7 Å². The third-order valence-corrected chi connectivity index (χ3v) is 4.50. The highest BCUT2D eigenvalue weighted by Gasteiger charge is 2.45. The van der Waals surface area contributed by atoms with E-state index in [1.54, 1.807) is 4.90 Å². The van der Waals surface area contributed by atoms with Crippen LogP contribution in [-0.2, 0) is 10.9 Å². The lowest BCUT2D eigenvalue weighted by Crippen LogP contribution is -2.51. The molecule has 1 saturated heterocycles. The van der Waals surface area contributed by atoms with E-state index < -0.39 is 23.5 Å². The van der Waals surface area contributed by atoms with Crippen LogP contribution < -0.4 is 5.32 Å². The molecule has 126 valence electrons. The van der Waals surface area contributed by atoms with Crippen molar-refractivity contribution in [3.8, 4) is 0 Å². The molecule has 3 rings (SSSR count). The second kappa shape index (κ2) is 6.03. The van der Waals surface area contributed by atoms with Crippen molar-refractivity contribution in [3.05, 3.63) is 29.8 Å². The Bertz CT molecular complexity index is 583. The van der Waals surface area contributed by atoms with Crippen LogP contribution in [0, 0.1) is 0 Å². The third kappa shape index (κ3) is 3.29. The van der Waals surface area contributed by atoms with Gasteiger partial charge < -0.3 is 10.1 Å². The lowest BCUT2D eigenvalue weighted by Gasteiger charge is -2.39. The molecule has 1 N–H and O–H groups in total. The molecular formula is C16H19F3N2O2. The summed E-state index contributed by atoms with van der Waals surface area (Å²) in [5, 5.41) is 2.57. The summed E-state index contributed by atoms with van der Waals surface area (Å²) in [6.45, 7) is 0.931. The molecular weight excluding hydrogens is 309 g/mol. The predicted octanol–water partition coefficient (Wildman–Crippen LogP) is 4.23. The van der Waals surface area contributed by atoms with Crippen LogP contribution in [0.15, 0.2) is 24.3 Å². The van der Waals surface area contributed by atoms with Gasteiger partial charge in [0.05, 0.1) is 12.2 Å². The summed E-state index contributed by atoms with van der Waals surface area (Å²) in [5.41, 5.74) is -1.22. The minimum absolute atomic E-state index is 0.141. The van der Waals surface area contributed by atoms with E-state index in [2.05, 4.69) is 5.32 Å². The van der Waals surface area contributed by atoms with Gasteiger partial charge in [-0.25, -0.2) is 4.79 Å². The van der Waals surface area contributed by atoms with Crippen LogP contribution in [0.2, 0.25) is 0 Å². The maximum atomic E-state index is 12.7. The number of anilines is 1. The van der Waals surface area contributed by atoms with Crippen LogP contribution in [0.5, 0.6) is 0 Å². The van der Waals surface area contributed by atoms with Gasteiger partial charge in [-0.2, -0.15) is 13.2 Å². The fourth-order valence-corrected chi connectivity index (χ4v) is 3.38. The highest BCUT2D eigenvalue weighted by molar-refractivity contribution is 5.90. The van der Waals surface area contributed by atoms with Crippen molar-refractivity contribution in [1.82, 2.24) is 4.90 Å². The van der Waals surface area contributed by atoms with Crippen molar-refractivity contribution in [1.29, 1.82) is 0 Å². The van der Waals surface area contributed by atoms with Crippen LogP contribution in [0.4, 0.5) is 23.7 Å². The number of carbonyl (C=O) groups excluding carboxylic acids is 1. The molecule has 4 nitrogen and oxygen atoms in total. The Morgan fingerprint density at radius 3 is 2.65 bits per heavy atom. The van der Waals surface area contributed by atoms with Gasteiger partial charge >= 0.3 is 12.2 Å². The molecule has 2 fully saturated rings. The van der Waals surface area contributed by atoms with Gasteiger partial charge in [0.15, 0.2) is 0 Å². The number of hydrogen-bond acceptors (Lipinski definition) is 2. The number of hydrogen-bond donors (Lipinski definition) is 1. The van der Waals surface area contributed by atoms with E-state index in [9.17, 15) is 18.0 Å². The maximum absolute atomic E-state index is 12.7. The molecule has 0 unspecified atom stereocenters. The summed E-state index contributed by atoms with van der Waals surface area (Å²) in [7, 11) is 0. The molecule has 0 radical (unpaired) electrons. The number of amides is 2. The Morgan fingerprint density at radius 2 is 1.96 bits per heavy atom. The van der Waals surface area contributed by atoms with E-state index in [-0.39, 0.29) is 5.69 Å². The van der Waals surface area contributed by atoms with E-state index in [0.717, 1.165) is 44.2 Å². The summed E-state index contributed by atoms with van der Waals surface area (Å²) in [6.07, 6.45) is 0.239. The lowest BCUT2D eigenvalue weighted by atomic mass is 9.91. The quantitative estimate of drug-likeness (QED) is 0.838. The van der Waals surface area contributed by atoms with Gasteiger partial charge in [0.1, 0.15) is 5.72 Å². The average Bonchev–Trinajstić information content (AvgIpc) is 2.90. The van der Waals surface area contributed by atoms with Gasteiger partial charge in [-0.15, -0.1) is 0 Å². The summed E-state index contributed by atoms with van der Waals surface area (Å²) in [6, 6.07) is 4.27. The largest absolute Gasteiger partial charge is 0.416 e. The van der Waals surface area contributed by atoms with Crippen molar-refractivity contribution in [2.24, 2.45) is 0 Å². The number of halogens is 3. The number of nitrogens with zero attached hydrogens (tertiary/aromatic N) is 1. The van der Waals surface area contributed by atoms with Gasteiger partial charge in [0.25, 0.3) is 0 Å². The normalized spacial score (nSPS) is 20.7. The van der Waals surface area contributed by atoms with Crippen molar-refractivity contribution in [3.63, 3.8) is 0 Å². The van der Waals surface area contributed by atoms with Gasteiger partial charge in [-0.05, 0) is 43.9 Å². The van der Waals surface area contributed by atoms with E-state index in [1.165, 1.54) is 12.1 Å². The molecule has 0 atom stereocenters. The Hall–Kier alpha value is -1.76. The number of carbonyl (C=O) groups is 1. The predicted molar refractivity (Wildman–Crippen MR) is 78.9 cm³/mol. The highest BCUT2D eigenvalue weighted by Crippen LogP contribution is 2.38. The molecule has 1 aromatic carbocycles. The number of rotatable bonds is 1. The Labute approximate surface area is 132 Å². The first-order valence-corrected chi connectivity index (χ1v) is 7.81. The molecule has 1 heterocycles.